The SMILES string of the molecule is C=CCN(c1cccc(CNCC)n1)C(C)C. The lowest BCUT2D eigenvalue weighted by molar-refractivity contribution is 0.689. The molecule has 94 valence electrons. The first-order valence-corrected chi connectivity index (χ1v) is 6.23. The zero-order valence-corrected chi connectivity index (χ0v) is 11.1. The summed E-state index contributed by atoms with van der Waals surface area (Å²) in [5, 5.41) is 3.29. The van der Waals surface area contributed by atoms with Crippen molar-refractivity contribution >= 4 is 5.82 Å². The quantitative estimate of drug-likeness (QED) is 0.734. The van der Waals surface area contributed by atoms with Crippen molar-refractivity contribution in [1.29, 1.82) is 0 Å². The van der Waals surface area contributed by atoms with Crippen LogP contribution in [0.5, 0.6) is 0 Å². The molecule has 0 aromatic carbocycles. The summed E-state index contributed by atoms with van der Waals surface area (Å²) in [5.74, 6) is 1.02. The van der Waals surface area contributed by atoms with Gasteiger partial charge in [0.05, 0.1) is 5.69 Å². The Bertz CT molecular complexity index is 347. The van der Waals surface area contributed by atoms with Crippen molar-refractivity contribution in [3.8, 4) is 0 Å². The van der Waals surface area contributed by atoms with E-state index in [1.165, 1.54) is 0 Å². The van der Waals surface area contributed by atoms with Crippen LogP contribution in [0.2, 0.25) is 0 Å². The van der Waals surface area contributed by atoms with Gasteiger partial charge in [0.2, 0.25) is 0 Å². The Morgan fingerprint density at radius 3 is 2.82 bits per heavy atom. The Balaban J connectivity index is 2.83. The number of nitrogens with zero attached hydrogens (tertiary/aromatic N) is 2. The van der Waals surface area contributed by atoms with Crippen molar-refractivity contribution in [3.05, 3.63) is 36.5 Å². The Kier molecular flexibility index (Phi) is 5.70. The Labute approximate surface area is 105 Å². The zero-order chi connectivity index (χ0) is 12.7. The van der Waals surface area contributed by atoms with Gasteiger partial charge in [-0.1, -0.05) is 19.1 Å². The van der Waals surface area contributed by atoms with Gasteiger partial charge in [-0.05, 0) is 32.5 Å². The van der Waals surface area contributed by atoms with Crippen LogP contribution >= 0.6 is 0 Å². The molecule has 0 atom stereocenters. The lowest BCUT2D eigenvalue weighted by Crippen LogP contribution is -2.31. The van der Waals surface area contributed by atoms with E-state index in [4.69, 9.17) is 0 Å². The van der Waals surface area contributed by atoms with Crippen LogP contribution in [0.3, 0.4) is 0 Å². The van der Waals surface area contributed by atoms with Crippen LogP contribution < -0.4 is 10.2 Å². The number of pyridine rings is 1. The van der Waals surface area contributed by atoms with Crippen LogP contribution in [0.1, 0.15) is 26.5 Å². The third-order valence-corrected chi connectivity index (χ3v) is 2.59. The van der Waals surface area contributed by atoms with Crippen molar-refractivity contribution in [3.63, 3.8) is 0 Å². The van der Waals surface area contributed by atoms with Crippen molar-refractivity contribution in [1.82, 2.24) is 10.3 Å². The number of rotatable bonds is 7. The first-order chi connectivity index (χ1) is 8.19. The van der Waals surface area contributed by atoms with Gasteiger partial charge in [0, 0.05) is 19.1 Å². The molecule has 3 heteroatoms. The second kappa shape index (κ2) is 7.07. The van der Waals surface area contributed by atoms with Crippen molar-refractivity contribution < 1.29 is 0 Å². The second-order valence-corrected chi connectivity index (χ2v) is 4.30. The maximum Gasteiger partial charge on any atom is 0.129 e. The molecule has 3 nitrogen and oxygen atoms in total. The van der Waals surface area contributed by atoms with Crippen molar-refractivity contribution in [2.45, 2.75) is 33.4 Å². The van der Waals surface area contributed by atoms with Gasteiger partial charge in [-0.3, -0.25) is 0 Å². The third-order valence-electron chi connectivity index (χ3n) is 2.59. The molecule has 1 N–H and O–H groups in total. The maximum atomic E-state index is 4.67. The Morgan fingerprint density at radius 2 is 2.24 bits per heavy atom. The summed E-state index contributed by atoms with van der Waals surface area (Å²) in [6, 6.07) is 6.60. The monoisotopic (exact) mass is 233 g/mol. The van der Waals surface area contributed by atoms with Crippen molar-refractivity contribution in [2.75, 3.05) is 18.0 Å². The summed E-state index contributed by atoms with van der Waals surface area (Å²) in [5.41, 5.74) is 1.08. The number of hydrogen-bond donors (Lipinski definition) is 1. The molecule has 0 aliphatic rings. The number of hydrogen-bond acceptors (Lipinski definition) is 3. The molecule has 0 aliphatic heterocycles. The topological polar surface area (TPSA) is 28.2 Å². The number of aromatic nitrogens is 1. The molecule has 0 unspecified atom stereocenters. The van der Waals surface area contributed by atoms with Gasteiger partial charge < -0.3 is 10.2 Å². The van der Waals surface area contributed by atoms with Gasteiger partial charge in [0.25, 0.3) is 0 Å². The minimum Gasteiger partial charge on any atom is -0.350 e. The van der Waals surface area contributed by atoms with E-state index in [9.17, 15) is 0 Å². The summed E-state index contributed by atoms with van der Waals surface area (Å²) in [6.07, 6.45) is 1.92. The minimum absolute atomic E-state index is 0.426. The van der Waals surface area contributed by atoms with Crippen LogP contribution in [-0.4, -0.2) is 24.1 Å². The summed E-state index contributed by atoms with van der Waals surface area (Å²) < 4.78 is 0. The Hall–Kier alpha value is -1.35. The average Bonchev–Trinajstić information content (AvgIpc) is 2.33. The normalized spacial score (nSPS) is 10.6. The summed E-state index contributed by atoms with van der Waals surface area (Å²) in [7, 11) is 0. The maximum absolute atomic E-state index is 4.67. The van der Waals surface area contributed by atoms with Gasteiger partial charge in [0.1, 0.15) is 5.82 Å². The van der Waals surface area contributed by atoms with Crippen molar-refractivity contribution in [2.24, 2.45) is 0 Å². The van der Waals surface area contributed by atoms with E-state index in [1.54, 1.807) is 0 Å². The highest BCUT2D eigenvalue weighted by Gasteiger charge is 2.10. The molecule has 0 saturated carbocycles. The molecule has 1 heterocycles. The standard InChI is InChI=1S/C14H23N3/c1-5-10-17(12(3)4)14-9-7-8-13(16-14)11-15-6-2/h5,7-9,12,15H,1,6,10-11H2,2-4H3. The third kappa shape index (κ3) is 4.19. The fourth-order valence-electron chi connectivity index (χ4n) is 1.69. The highest BCUT2D eigenvalue weighted by atomic mass is 15.2. The van der Waals surface area contributed by atoms with E-state index in [0.717, 1.165) is 31.1 Å². The first kappa shape index (κ1) is 13.7. The van der Waals surface area contributed by atoms with E-state index < -0.39 is 0 Å². The lowest BCUT2D eigenvalue weighted by Gasteiger charge is -2.26. The Morgan fingerprint density at radius 1 is 1.47 bits per heavy atom. The van der Waals surface area contributed by atoms with E-state index in [0.29, 0.717) is 6.04 Å². The highest BCUT2D eigenvalue weighted by molar-refractivity contribution is 5.41. The average molecular weight is 233 g/mol. The smallest absolute Gasteiger partial charge is 0.129 e. The summed E-state index contributed by atoms with van der Waals surface area (Å²) in [6.45, 7) is 12.9. The molecule has 1 aromatic rings. The molecule has 0 fully saturated rings. The van der Waals surface area contributed by atoms with Gasteiger partial charge in [-0.15, -0.1) is 6.58 Å². The van der Waals surface area contributed by atoms with E-state index in [-0.39, 0.29) is 0 Å². The van der Waals surface area contributed by atoms with Gasteiger partial charge in [-0.25, -0.2) is 4.98 Å². The molecular formula is C14H23N3. The number of anilines is 1. The molecule has 17 heavy (non-hydrogen) atoms. The summed E-state index contributed by atoms with van der Waals surface area (Å²) in [4.78, 5) is 6.90. The predicted octanol–water partition coefficient (Wildman–Crippen LogP) is 2.59. The van der Waals surface area contributed by atoms with Crippen LogP contribution in [0.4, 0.5) is 5.82 Å². The van der Waals surface area contributed by atoms with Gasteiger partial charge in [0.15, 0.2) is 0 Å². The van der Waals surface area contributed by atoms with E-state index in [2.05, 4.69) is 60.7 Å². The molecular weight excluding hydrogens is 210 g/mol. The molecule has 0 spiro atoms. The molecule has 0 saturated heterocycles. The van der Waals surface area contributed by atoms with Crippen LogP contribution in [0.15, 0.2) is 30.9 Å². The molecule has 1 aromatic heterocycles. The fourth-order valence-corrected chi connectivity index (χ4v) is 1.69. The molecule has 0 radical (unpaired) electrons. The highest BCUT2D eigenvalue weighted by Crippen LogP contribution is 2.14. The zero-order valence-electron chi connectivity index (χ0n) is 11.1. The molecule has 1 rings (SSSR count). The fraction of sp³-hybridized carbons (Fsp3) is 0.500. The predicted molar refractivity (Wildman–Crippen MR) is 74.3 cm³/mol. The van der Waals surface area contributed by atoms with E-state index >= 15 is 0 Å². The molecule has 0 amide bonds. The molecule has 0 bridgehead atoms. The lowest BCUT2D eigenvalue weighted by atomic mass is 10.2. The largest absolute Gasteiger partial charge is 0.350 e. The minimum atomic E-state index is 0.426. The summed E-state index contributed by atoms with van der Waals surface area (Å²) >= 11 is 0. The van der Waals surface area contributed by atoms with E-state index in [1.807, 2.05) is 6.08 Å². The first-order valence-electron chi connectivity index (χ1n) is 6.23. The molecule has 0 aliphatic carbocycles. The van der Waals surface area contributed by atoms with Crippen LogP contribution in [0, 0.1) is 0 Å². The van der Waals surface area contributed by atoms with Gasteiger partial charge >= 0.3 is 0 Å². The number of nitrogens with one attached hydrogen (secondary N) is 1. The van der Waals surface area contributed by atoms with Crippen LogP contribution in [-0.2, 0) is 6.54 Å². The second-order valence-electron chi connectivity index (χ2n) is 4.30. The van der Waals surface area contributed by atoms with Gasteiger partial charge in [-0.2, -0.15) is 0 Å². The van der Waals surface area contributed by atoms with Crippen LogP contribution in [0.25, 0.3) is 0 Å².